The molecule has 5 saturated carbocycles. The fraction of sp³-hybridized carbons (Fsp3) is 0.708. The lowest BCUT2D eigenvalue weighted by molar-refractivity contribution is -0.255. The van der Waals surface area contributed by atoms with E-state index < -0.39 is 34.4 Å². The van der Waals surface area contributed by atoms with Crippen molar-refractivity contribution in [3.63, 3.8) is 0 Å². The number of carbonyl (C=O) groups excluding carboxylic acids is 2. The number of ether oxygens (including phenoxy) is 1. The van der Waals surface area contributed by atoms with Crippen LogP contribution < -0.4 is 15.8 Å². The van der Waals surface area contributed by atoms with Gasteiger partial charge in [-0.15, -0.1) is 0 Å². The van der Waals surface area contributed by atoms with Crippen LogP contribution in [0, 0.1) is 56.7 Å². The first-order valence-corrected chi connectivity index (χ1v) is 22.2. The number of nitrogens with one attached hydrogen (secondary N) is 1. The number of carbonyl (C=O) groups is 3. The Morgan fingerprint density at radius 1 is 0.931 bits per heavy atom. The molecular formula is C48H68N2O8. The molecule has 0 bridgehead atoms. The van der Waals surface area contributed by atoms with Crippen molar-refractivity contribution in [3.8, 4) is 0 Å². The zero-order chi connectivity index (χ0) is 42.0. The molecule has 1 amide bonds. The van der Waals surface area contributed by atoms with Crippen molar-refractivity contribution in [2.24, 2.45) is 56.7 Å². The highest BCUT2D eigenvalue weighted by Crippen LogP contribution is 2.77. The Labute approximate surface area is 344 Å². The van der Waals surface area contributed by atoms with E-state index in [2.05, 4.69) is 65.3 Å². The van der Waals surface area contributed by atoms with Crippen molar-refractivity contribution >= 4 is 34.5 Å². The molecule has 10 nitrogen and oxygen atoms in total. The predicted molar refractivity (Wildman–Crippen MR) is 226 cm³/mol. The minimum Gasteiger partial charge on any atom is -0.481 e. The van der Waals surface area contributed by atoms with Crippen LogP contribution in [0.2, 0.25) is 0 Å². The number of fused-ring (bicyclic) bond motifs is 8. The number of amides is 1. The molecule has 0 saturated heterocycles. The van der Waals surface area contributed by atoms with Crippen molar-refractivity contribution in [1.82, 2.24) is 5.32 Å². The van der Waals surface area contributed by atoms with Crippen LogP contribution in [0.15, 0.2) is 45.6 Å². The average molecular weight is 801 g/mol. The molecule has 0 aliphatic heterocycles. The number of rotatable bonds is 12. The summed E-state index contributed by atoms with van der Waals surface area (Å²) in [6.07, 6.45) is 8.79. The summed E-state index contributed by atoms with van der Waals surface area (Å²) in [6, 6.07) is 7.16. The van der Waals surface area contributed by atoms with E-state index in [0.29, 0.717) is 35.6 Å². The number of carboxylic acids is 1. The van der Waals surface area contributed by atoms with Gasteiger partial charge in [0.05, 0.1) is 18.1 Å². The Hall–Kier alpha value is -3.66. The van der Waals surface area contributed by atoms with Crippen LogP contribution in [0.3, 0.4) is 0 Å². The van der Waals surface area contributed by atoms with Crippen molar-refractivity contribution in [2.75, 3.05) is 31.1 Å². The third kappa shape index (κ3) is 6.53. The maximum absolute atomic E-state index is 13.2. The van der Waals surface area contributed by atoms with E-state index in [1.165, 1.54) is 0 Å². The molecule has 1 aromatic heterocycles. The maximum Gasteiger partial charge on any atom is 0.349 e. The van der Waals surface area contributed by atoms with Crippen LogP contribution in [0.4, 0.5) is 5.69 Å². The SMILES string of the molecule is C=C(C)[C@@H]1CC[C@]2(C(=O)O)CC[C@]3(C)[C@H](CC[C@@H]4[C@@]5(C)CC[C@H](O)[C@@](C)(COC(=O)CCCNC(=O)c6cc7ccc(N(CC)CC)cc7oc6=O)[C@@H]5CC[C@]43C)[C@@H]12. The second-order valence-electron chi connectivity index (χ2n) is 20.1. The molecule has 7 rings (SSSR count). The molecule has 58 heavy (non-hydrogen) atoms. The number of benzene rings is 1. The summed E-state index contributed by atoms with van der Waals surface area (Å²) in [6.45, 7) is 22.1. The number of nitrogens with zero attached hydrogens (tertiary/aromatic N) is 1. The fourth-order valence-electron chi connectivity index (χ4n) is 14.4. The number of esters is 1. The Balaban J connectivity index is 0.978. The lowest BCUT2D eigenvalue weighted by Gasteiger charge is -2.72. The summed E-state index contributed by atoms with van der Waals surface area (Å²) >= 11 is 0. The molecule has 0 radical (unpaired) electrons. The summed E-state index contributed by atoms with van der Waals surface area (Å²) in [5.74, 6) is -0.218. The van der Waals surface area contributed by atoms with E-state index in [0.717, 1.165) is 82.1 Å². The number of hydrogen-bond donors (Lipinski definition) is 3. The topological polar surface area (TPSA) is 146 Å². The van der Waals surface area contributed by atoms with Crippen LogP contribution >= 0.6 is 0 Å². The van der Waals surface area contributed by atoms with E-state index in [1.54, 1.807) is 6.07 Å². The second kappa shape index (κ2) is 15.4. The van der Waals surface area contributed by atoms with E-state index >= 15 is 0 Å². The lowest BCUT2D eigenvalue weighted by Crippen LogP contribution is -2.67. The van der Waals surface area contributed by atoms with Gasteiger partial charge in [0.15, 0.2) is 0 Å². The predicted octanol–water partition coefficient (Wildman–Crippen LogP) is 8.78. The molecule has 0 unspecified atom stereocenters. The molecule has 2 aromatic rings. The minimum atomic E-state index is -0.707. The highest BCUT2D eigenvalue weighted by atomic mass is 16.5. The van der Waals surface area contributed by atoms with Gasteiger partial charge in [0.2, 0.25) is 0 Å². The van der Waals surface area contributed by atoms with Gasteiger partial charge in [0.1, 0.15) is 11.1 Å². The number of carboxylic acid groups (broad SMARTS) is 1. The van der Waals surface area contributed by atoms with Gasteiger partial charge in [-0.3, -0.25) is 14.4 Å². The van der Waals surface area contributed by atoms with Crippen molar-refractivity contribution in [2.45, 2.75) is 132 Å². The smallest absolute Gasteiger partial charge is 0.349 e. The monoisotopic (exact) mass is 800 g/mol. The fourth-order valence-corrected chi connectivity index (χ4v) is 14.4. The van der Waals surface area contributed by atoms with Crippen molar-refractivity contribution < 1.29 is 33.8 Å². The summed E-state index contributed by atoms with van der Waals surface area (Å²) in [5.41, 5.74) is 0.450. The molecule has 5 fully saturated rings. The van der Waals surface area contributed by atoms with Crippen LogP contribution in [-0.4, -0.2) is 60.4 Å². The van der Waals surface area contributed by atoms with Gasteiger partial charge in [-0.25, -0.2) is 4.79 Å². The molecule has 318 valence electrons. The molecule has 5 aliphatic carbocycles. The normalized spacial score (nSPS) is 37.8. The van der Waals surface area contributed by atoms with Gasteiger partial charge in [-0.05, 0) is 155 Å². The van der Waals surface area contributed by atoms with Gasteiger partial charge in [0.25, 0.3) is 5.91 Å². The first-order valence-electron chi connectivity index (χ1n) is 22.2. The largest absolute Gasteiger partial charge is 0.481 e. The second-order valence-corrected chi connectivity index (χ2v) is 20.1. The van der Waals surface area contributed by atoms with E-state index in [9.17, 15) is 29.4 Å². The highest BCUT2D eigenvalue weighted by Gasteiger charge is 2.72. The van der Waals surface area contributed by atoms with Crippen LogP contribution in [0.5, 0.6) is 0 Å². The zero-order valence-corrected chi connectivity index (χ0v) is 36.1. The highest BCUT2D eigenvalue weighted by molar-refractivity contribution is 5.97. The molecule has 1 heterocycles. The van der Waals surface area contributed by atoms with Gasteiger partial charge in [0, 0.05) is 48.6 Å². The quantitative estimate of drug-likeness (QED) is 0.0830. The molecule has 0 spiro atoms. The minimum absolute atomic E-state index is 0.00739. The van der Waals surface area contributed by atoms with Crippen LogP contribution in [-0.2, 0) is 14.3 Å². The molecule has 11 atom stereocenters. The van der Waals surface area contributed by atoms with Gasteiger partial charge in [-0.1, -0.05) is 39.8 Å². The Morgan fingerprint density at radius 3 is 2.36 bits per heavy atom. The standard InChI is InChI=1S/C48H68N2O8/c1-9-50(10-2)31-14-13-30-26-33(42(54)58-35(30)27-31)41(53)49-25-11-12-39(52)57-28-45(6)36-18-21-47(8)37(44(36,5)20-19-38(45)51)16-15-34-40-32(29(3)4)17-22-48(40,43(55)56)24-23-46(34,47)7/h13-14,26-27,32,34,36-38,40,51H,3,9-12,15-25,28H2,1-2,4-8H3,(H,49,53)(H,55,56)/t32-,34+,36+,37+,38-,40+,44-,45-,46+,47+,48-/m0/s1. The van der Waals surface area contributed by atoms with Gasteiger partial charge >= 0.3 is 17.6 Å². The van der Waals surface area contributed by atoms with Crippen LogP contribution in [0.1, 0.15) is 136 Å². The number of aliphatic hydroxyl groups is 1. The first kappa shape index (κ1) is 42.5. The summed E-state index contributed by atoms with van der Waals surface area (Å²) in [7, 11) is 0. The Morgan fingerprint density at radius 2 is 1.67 bits per heavy atom. The van der Waals surface area contributed by atoms with E-state index in [1.807, 2.05) is 18.2 Å². The first-order chi connectivity index (χ1) is 27.4. The zero-order valence-electron chi connectivity index (χ0n) is 36.1. The summed E-state index contributed by atoms with van der Waals surface area (Å²) < 4.78 is 11.5. The van der Waals surface area contributed by atoms with Gasteiger partial charge < -0.3 is 29.6 Å². The average Bonchev–Trinajstić information content (AvgIpc) is 3.59. The third-order valence-corrected chi connectivity index (χ3v) is 17.8. The number of hydrogen-bond acceptors (Lipinski definition) is 8. The number of aliphatic hydroxyl groups excluding tert-OH is 1. The van der Waals surface area contributed by atoms with E-state index in [4.69, 9.17) is 9.15 Å². The van der Waals surface area contributed by atoms with Crippen molar-refractivity contribution in [1.29, 1.82) is 0 Å². The summed E-state index contributed by atoms with van der Waals surface area (Å²) in [5, 5.41) is 25.8. The van der Waals surface area contributed by atoms with E-state index in [-0.39, 0.29) is 65.1 Å². The molecule has 5 aliphatic rings. The Bertz CT molecular complexity index is 2010. The number of allylic oxidation sites excluding steroid dienone is 1. The lowest BCUT2D eigenvalue weighted by atomic mass is 9.32. The molecule has 3 N–H and O–H groups in total. The summed E-state index contributed by atoms with van der Waals surface area (Å²) in [4.78, 5) is 54.1. The third-order valence-electron chi connectivity index (χ3n) is 17.8. The number of aliphatic carboxylic acids is 1. The maximum atomic E-state index is 13.2. The van der Waals surface area contributed by atoms with Gasteiger partial charge in [-0.2, -0.15) is 0 Å². The molecule has 1 aromatic carbocycles. The molecular weight excluding hydrogens is 733 g/mol. The Kier molecular flexibility index (Phi) is 11.3. The van der Waals surface area contributed by atoms with Crippen molar-refractivity contribution in [3.05, 3.63) is 52.4 Å². The van der Waals surface area contributed by atoms with Crippen LogP contribution in [0.25, 0.3) is 11.0 Å². The molecule has 10 heteroatoms. The number of anilines is 1.